The van der Waals surface area contributed by atoms with Gasteiger partial charge in [-0.05, 0) is 60.8 Å². The van der Waals surface area contributed by atoms with Crippen LogP contribution in [-0.4, -0.2) is 11.7 Å². The number of phenols is 1. The highest BCUT2D eigenvalue weighted by molar-refractivity contribution is 5.28. The van der Waals surface area contributed by atoms with E-state index in [9.17, 15) is 9.50 Å². The number of benzene rings is 2. The minimum Gasteiger partial charge on any atom is -0.508 e. The van der Waals surface area contributed by atoms with Gasteiger partial charge in [0.2, 0.25) is 0 Å². The van der Waals surface area contributed by atoms with Crippen LogP contribution >= 0.6 is 0 Å². The molecule has 3 heteroatoms. The summed E-state index contributed by atoms with van der Waals surface area (Å²) in [6, 6.07) is 12.1. The van der Waals surface area contributed by atoms with E-state index in [1.165, 1.54) is 6.07 Å². The van der Waals surface area contributed by atoms with Gasteiger partial charge < -0.3 is 10.4 Å². The first-order chi connectivity index (χ1) is 9.15. The molecule has 0 aliphatic rings. The molecule has 0 unspecified atom stereocenters. The minimum absolute atomic E-state index is 0.186. The Morgan fingerprint density at radius 2 is 2.00 bits per heavy atom. The lowest BCUT2D eigenvalue weighted by atomic mass is 10.1. The van der Waals surface area contributed by atoms with E-state index in [4.69, 9.17) is 0 Å². The molecule has 0 aliphatic carbocycles. The fourth-order valence-electron chi connectivity index (χ4n) is 2.06. The molecule has 2 rings (SSSR count). The molecule has 0 saturated carbocycles. The van der Waals surface area contributed by atoms with Crippen molar-refractivity contribution in [3.05, 3.63) is 65.0 Å². The van der Waals surface area contributed by atoms with Crippen LogP contribution in [0.3, 0.4) is 0 Å². The summed E-state index contributed by atoms with van der Waals surface area (Å²) in [5.74, 6) is 0.0997. The highest BCUT2D eigenvalue weighted by atomic mass is 19.1. The van der Waals surface area contributed by atoms with Crippen LogP contribution in [0.1, 0.15) is 16.7 Å². The maximum atomic E-state index is 13.0. The van der Waals surface area contributed by atoms with Crippen molar-refractivity contribution in [1.82, 2.24) is 5.32 Å². The third-order valence-corrected chi connectivity index (χ3v) is 3.12. The smallest absolute Gasteiger partial charge is 0.123 e. The number of hydrogen-bond donors (Lipinski definition) is 2. The molecule has 0 aromatic heterocycles. The maximum absolute atomic E-state index is 13.0. The summed E-state index contributed by atoms with van der Waals surface area (Å²) in [5.41, 5.74) is 3.19. The molecule has 0 radical (unpaired) electrons. The van der Waals surface area contributed by atoms with Gasteiger partial charge in [0.05, 0.1) is 0 Å². The van der Waals surface area contributed by atoms with Crippen molar-refractivity contribution < 1.29 is 9.50 Å². The SMILES string of the molecule is Cc1cc(F)ccc1CCNCc1cccc(O)c1. The van der Waals surface area contributed by atoms with E-state index in [-0.39, 0.29) is 11.6 Å². The van der Waals surface area contributed by atoms with Gasteiger partial charge in [0.15, 0.2) is 0 Å². The number of phenolic OH excluding ortho intramolecular Hbond substituents is 1. The van der Waals surface area contributed by atoms with Crippen molar-refractivity contribution in [2.75, 3.05) is 6.54 Å². The van der Waals surface area contributed by atoms with Crippen molar-refractivity contribution in [2.45, 2.75) is 19.9 Å². The molecule has 2 nitrogen and oxygen atoms in total. The van der Waals surface area contributed by atoms with E-state index in [1.54, 1.807) is 18.2 Å². The lowest BCUT2D eigenvalue weighted by molar-refractivity contribution is 0.474. The second kappa shape index (κ2) is 6.34. The second-order valence-electron chi connectivity index (χ2n) is 4.67. The second-order valence-corrected chi connectivity index (χ2v) is 4.67. The Labute approximate surface area is 112 Å². The number of aromatic hydroxyl groups is 1. The molecule has 2 aromatic rings. The van der Waals surface area contributed by atoms with Crippen LogP contribution in [0.25, 0.3) is 0 Å². The number of rotatable bonds is 5. The predicted octanol–water partition coefficient (Wildman–Crippen LogP) is 3.17. The van der Waals surface area contributed by atoms with Crippen molar-refractivity contribution >= 4 is 0 Å². The molecule has 0 heterocycles. The van der Waals surface area contributed by atoms with Crippen LogP contribution < -0.4 is 5.32 Å². The summed E-state index contributed by atoms with van der Waals surface area (Å²) in [6.07, 6.45) is 0.866. The van der Waals surface area contributed by atoms with Crippen molar-refractivity contribution in [3.63, 3.8) is 0 Å². The standard InChI is InChI=1S/C16H18FNO/c1-12-9-15(17)6-5-14(12)7-8-18-11-13-3-2-4-16(19)10-13/h2-6,9-10,18-19H,7-8,11H2,1H3. The van der Waals surface area contributed by atoms with Crippen LogP contribution in [0.5, 0.6) is 5.75 Å². The average Bonchev–Trinajstić information content (AvgIpc) is 2.37. The minimum atomic E-state index is -0.186. The number of nitrogens with one attached hydrogen (secondary N) is 1. The molecular formula is C16H18FNO. The Kier molecular flexibility index (Phi) is 4.53. The zero-order chi connectivity index (χ0) is 13.7. The summed E-state index contributed by atoms with van der Waals surface area (Å²) in [6.45, 7) is 3.46. The van der Waals surface area contributed by atoms with Gasteiger partial charge in [0.25, 0.3) is 0 Å². The zero-order valence-corrected chi connectivity index (χ0v) is 11.0. The summed E-state index contributed by atoms with van der Waals surface area (Å²) in [4.78, 5) is 0. The fraction of sp³-hybridized carbons (Fsp3) is 0.250. The molecule has 0 amide bonds. The van der Waals surface area contributed by atoms with Gasteiger partial charge in [-0.15, -0.1) is 0 Å². The van der Waals surface area contributed by atoms with E-state index >= 15 is 0 Å². The lowest BCUT2D eigenvalue weighted by Crippen LogP contribution is -2.17. The van der Waals surface area contributed by atoms with Crippen LogP contribution in [0.2, 0.25) is 0 Å². The zero-order valence-electron chi connectivity index (χ0n) is 11.0. The van der Waals surface area contributed by atoms with Crippen molar-refractivity contribution in [3.8, 4) is 5.75 Å². The van der Waals surface area contributed by atoms with Crippen LogP contribution in [0.15, 0.2) is 42.5 Å². The molecule has 0 spiro atoms. The summed E-state index contributed by atoms with van der Waals surface area (Å²) in [7, 11) is 0. The van der Waals surface area contributed by atoms with E-state index in [0.717, 1.165) is 29.7 Å². The molecule has 0 atom stereocenters. The number of halogens is 1. The van der Waals surface area contributed by atoms with Crippen LogP contribution in [-0.2, 0) is 13.0 Å². The van der Waals surface area contributed by atoms with E-state index in [1.807, 2.05) is 25.1 Å². The number of aryl methyl sites for hydroxylation is 1. The monoisotopic (exact) mass is 259 g/mol. The van der Waals surface area contributed by atoms with E-state index in [0.29, 0.717) is 6.54 Å². The molecule has 100 valence electrons. The first-order valence-corrected chi connectivity index (χ1v) is 6.39. The Balaban J connectivity index is 1.81. The summed E-state index contributed by atoms with van der Waals surface area (Å²) in [5, 5.41) is 12.7. The normalized spacial score (nSPS) is 10.6. The molecule has 2 aromatic carbocycles. The summed E-state index contributed by atoms with van der Waals surface area (Å²) >= 11 is 0. The maximum Gasteiger partial charge on any atom is 0.123 e. The van der Waals surface area contributed by atoms with Crippen LogP contribution in [0, 0.1) is 12.7 Å². The molecule has 0 bridgehead atoms. The largest absolute Gasteiger partial charge is 0.508 e. The first-order valence-electron chi connectivity index (χ1n) is 6.39. The van der Waals surface area contributed by atoms with Gasteiger partial charge in [-0.2, -0.15) is 0 Å². The third-order valence-electron chi connectivity index (χ3n) is 3.12. The van der Waals surface area contributed by atoms with Gasteiger partial charge >= 0.3 is 0 Å². The Bertz CT molecular complexity index is 554. The number of hydrogen-bond acceptors (Lipinski definition) is 2. The predicted molar refractivity (Wildman–Crippen MR) is 74.7 cm³/mol. The summed E-state index contributed by atoms with van der Waals surface area (Å²) < 4.78 is 13.0. The molecular weight excluding hydrogens is 241 g/mol. The molecule has 0 fully saturated rings. The lowest BCUT2D eigenvalue weighted by Gasteiger charge is -2.08. The topological polar surface area (TPSA) is 32.3 Å². The van der Waals surface area contributed by atoms with E-state index in [2.05, 4.69) is 5.32 Å². The van der Waals surface area contributed by atoms with Gasteiger partial charge in [-0.1, -0.05) is 18.2 Å². The van der Waals surface area contributed by atoms with Gasteiger partial charge in [-0.25, -0.2) is 4.39 Å². The van der Waals surface area contributed by atoms with Gasteiger partial charge in [0.1, 0.15) is 11.6 Å². The average molecular weight is 259 g/mol. The fourth-order valence-corrected chi connectivity index (χ4v) is 2.06. The highest BCUT2D eigenvalue weighted by Gasteiger charge is 2.00. The quantitative estimate of drug-likeness (QED) is 0.808. The highest BCUT2D eigenvalue weighted by Crippen LogP contribution is 2.12. The van der Waals surface area contributed by atoms with E-state index < -0.39 is 0 Å². The van der Waals surface area contributed by atoms with Crippen molar-refractivity contribution in [1.29, 1.82) is 0 Å². The third kappa shape index (κ3) is 4.07. The molecule has 0 aliphatic heterocycles. The molecule has 0 saturated heterocycles. The van der Waals surface area contributed by atoms with Gasteiger partial charge in [0, 0.05) is 6.54 Å². The van der Waals surface area contributed by atoms with Crippen molar-refractivity contribution in [2.24, 2.45) is 0 Å². The Morgan fingerprint density at radius 1 is 1.16 bits per heavy atom. The Morgan fingerprint density at radius 3 is 2.74 bits per heavy atom. The molecule has 19 heavy (non-hydrogen) atoms. The first kappa shape index (κ1) is 13.6. The van der Waals surface area contributed by atoms with Gasteiger partial charge in [-0.3, -0.25) is 0 Å². The Hall–Kier alpha value is -1.87. The molecule has 2 N–H and O–H groups in total. The van der Waals surface area contributed by atoms with Crippen LogP contribution in [0.4, 0.5) is 4.39 Å².